The summed E-state index contributed by atoms with van der Waals surface area (Å²) in [6.07, 6.45) is 0.974. The zero-order valence-electron chi connectivity index (χ0n) is 16.4. The number of carbonyl (C=O) groups excluding carboxylic acids is 1. The summed E-state index contributed by atoms with van der Waals surface area (Å²) < 4.78 is 26.4. The number of hydrogen-bond acceptors (Lipinski definition) is 4. The molecule has 0 fully saturated rings. The third kappa shape index (κ3) is 6.65. The lowest BCUT2D eigenvalue weighted by Crippen LogP contribution is -2.30. The van der Waals surface area contributed by atoms with Crippen molar-refractivity contribution < 1.29 is 13.2 Å². The summed E-state index contributed by atoms with van der Waals surface area (Å²) in [6, 6.07) is 16.9. The van der Waals surface area contributed by atoms with Gasteiger partial charge in [-0.3, -0.25) is 4.79 Å². The van der Waals surface area contributed by atoms with Gasteiger partial charge in [-0.2, -0.15) is 4.31 Å². The van der Waals surface area contributed by atoms with Crippen LogP contribution in [0.4, 0.5) is 0 Å². The Labute approximate surface area is 172 Å². The van der Waals surface area contributed by atoms with Gasteiger partial charge in [0.05, 0.1) is 4.90 Å². The van der Waals surface area contributed by atoms with E-state index in [9.17, 15) is 13.2 Å². The molecule has 2 aromatic rings. The van der Waals surface area contributed by atoms with Gasteiger partial charge >= 0.3 is 0 Å². The van der Waals surface area contributed by atoms with Crippen LogP contribution in [0.2, 0.25) is 0 Å². The molecule has 0 radical (unpaired) electrons. The molecule has 0 spiro atoms. The van der Waals surface area contributed by atoms with E-state index < -0.39 is 10.0 Å². The van der Waals surface area contributed by atoms with Crippen LogP contribution in [0.1, 0.15) is 25.8 Å². The van der Waals surface area contributed by atoms with Crippen molar-refractivity contribution in [3.05, 3.63) is 60.2 Å². The third-order valence-corrected chi connectivity index (χ3v) is 7.42. The highest BCUT2D eigenvalue weighted by molar-refractivity contribution is 7.99. The van der Waals surface area contributed by atoms with Crippen LogP contribution < -0.4 is 5.32 Å². The van der Waals surface area contributed by atoms with Gasteiger partial charge in [0.1, 0.15) is 0 Å². The minimum Gasteiger partial charge on any atom is -0.355 e. The van der Waals surface area contributed by atoms with Crippen LogP contribution in [-0.2, 0) is 21.2 Å². The molecular weight excluding hydrogens is 392 g/mol. The largest absolute Gasteiger partial charge is 0.355 e. The molecule has 0 saturated heterocycles. The lowest BCUT2D eigenvalue weighted by atomic mass is 10.1. The van der Waals surface area contributed by atoms with Gasteiger partial charge in [0.2, 0.25) is 15.9 Å². The molecule has 0 aromatic heterocycles. The molecule has 2 rings (SSSR count). The molecule has 0 aliphatic carbocycles. The number of amides is 1. The number of benzene rings is 2. The first kappa shape index (κ1) is 22.5. The summed E-state index contributed by atoms with van der Waals surface area (Å²) in [4.78, 5) is 13.5. The topological polar surface area (TPSA) is 66.5 Å². The minimum absolute atomic E-state index is 0.00787. The first-order valence-electron chi connectivity index (χ1n) is 9.51. The Bertz CT molecular complexity index is 834. The summed E-state index contributed by atoms with van der Waals surface area (Å²) in [5, 5.41) is 2.93. The average molecular weight is 421 g/mol. The van der Waals surface area contributed by atoms with Gasteiger partial charge in [-0.05, 0) is 36.2 Å². The van der Waals surface area contributed by atoms with Crippen LogP contribution in [0.25, 0.3) is 0 Å². The monoisotopic (exact) mass is 420 g/mol. The summed E-state index contributed by atoms with van der Waals surface area (Å²) in [5.41, 5.74) is 0.951. The van der Waals surface area contributed by atoms with Gasteiger partial charge in [0, 0.05) is 36.7 Å². The molecule has 1 amide bonds. The van der Waals surface area contributed by atoms with Crippen molar-refractivity contribution in [3.63, 3.8) is 0 Å². The zero-order valence-corrected chi connectivity index (χ0v) is 18.1. The molecule has 0 aliphatic heterocycles. The molecule has 0 unspecified atom stereocenters. The molecule has 28 heavy (non-hydrogen) atoms. The van der Waals surface area contributed by atoms with Crippen molar-refractivity contribution in [1.29, 1.82) is 0 Å². The molecule has 2 aromatic carbocycles. The molecule has 1 N–H and O–H groups in total. The Hall–Kier alpha value is -1.83. The van der Waals surface area contributed by atoms with Crippen LogP contribution in [0.3, 0.4) is 0 Å². The summed E-state index contributed by atoms with van der Waals surface area (Å²) in [5.74, 6) is 0.835. The van der Waals surface area contributed by atoms with Crippen molar-refractivity contribution in [1.82, 2.24) is 9.62 Å². The van der Waals surface area contributed by atoms with E-state index in [2.05, 4.69) is 17.4 Å². The molecule has 0 heterocycles. The van der Waals surface area contributed by atoms with E-state index in [4.69, 9.17) is 0 Å². The van der Waals surface area contributed by atoms with Gasteiger partial charge in [-0.15, -0.1) is 11.8 Å². The SMILES string of the molecule is CCN(CC)S(=O)(=O)c1ccc(CCC(=O)NCCSc2ccccc2)cc1. The number of nitrogens with one attached hydrogen (secondary N) is 1. The number of hydrogen-bond donors (Lipinski definition) is 1. The fourth-order valence-electron chi connectivity index (χ4n) is 2.76. The summed E-state index contributed by atoms with van der Waals surface area (Å²) in [6.45, 7) is 5.17. The van der Waals surface area contributed by atoms with Crippen LogP contribution in [0, 0.1) is 0 Å². The van der Waals surface area contributed by atoms with E-state index in [0.717, 1.165) is 11.3 Å². The lowest BCUT2D eigenvalue weighted by molar-refractivity contribution is -0.120. The Kier molecular flexibility index (Phi) is 9.02. The molecule has 7 heteroatoms. The fraction of sp³-hybridized carbons (Fsp3) is 0.381. The van der Waals surface area contributed by atoms with Gasteiger partial charge in [0.15, 0.2) is 0 Å². The van der Waals surface area contributed by atoms with Crippen LogP contribution in [0.15, 0.2) is 64.4 Å². The minimum atomic E-state index is -3.44. The van der Waals surface area contributed by atoms with E-state index in [-0.39, 0.29) is 5.91 Å². The molecular formula is C21H28N2O3S2. The van der Waals surface area contributed by atoms with Crippen molar-refractivity contribution in [3.8, 4) is 0 Å². The molecule has 0 atom stereocenters. The maximum absolute atomic E-state index is 12.5. The number of aryl methyl sites for hydroxylation is 1. The van der Waals surface area contributed by atoms with Gasteiger partial charge in [-0.25, -0.2) is 8.42 Å². The van der Waals surface area contributed by atoms with Gasteiger partial charge in [-0.1, -0.05) is 44.2 Å². The predicted molar refractivity (Wildman–Crippen MR) is 115 cm³/mol. The lowest BCUT2D eigenvalue weighted by Gasteiger charge is -2.18. The first-order valence-corrected chi connectivity index (χ1v) is 11.9. The Morgan fingerprint density at radius 3 is 2.25 bits per heavy atom. The number of sulfonamides is 1. The Morgan fingerprint density at radius 1 is 1.00 bits per heavy atom. The Morgan fingerprint density at radius 2 is 1.64 bits per heavy atom. The molecule has 152 valence electrons. The standard InChI is InChI=1S/C21H28N2O3S2/c1-3-23(4-2)28(25,26)20-13-10-18(11-14-20)12-15-21(24)22-16-17-27-19-8-6-5-7-9-19/h5-11,13-14H,3-4,12,15-17H2,1-2H3,(H,22,24). The predicted octanol–water partition coefficient (Wildman–Crippen LogP) is 3.56. The molecule has 0 aliphatic rings. The highest BCUT2D eigenvalue weighted by atomic mass is 32.2. The highest BCUT2D eigenvalue weighted by Gasteiger charge is 2.21. The second kappa shape index (κ2) is 11.2. The number of nitrogens with zero attached hydrogens (tertiary/aromatic N) is 1. The third-order valence-electron chi connectivity index (χ3n) is 4.34. The second-order valence-electron chi connectivity index (χ2n) is 6.24. The van der Waals surface area contributed by atoms with E-state index in [1.54, 1.807) is 36.0 Å². The normalized spacial score (nSPS) is 11.5. The van der Waals surface area contributed by atoms with Crippen molar-refractivity contribution in [2.45, 2.75) is 36.5 Å². The quantitative estimate of drug-likeness (QED) is 0.446. The van der Waals surface area contributed by atoms with Crippen LogP contribution >= 0.6 is 11.8 Å². The average Bonchev–Trinajstić information content (AvgIpc) is 2.71. The van der Waals surface area contributed by atoms with E-state index in [1.807, 2.05) is 32.0 Å². The second-order valence-corrected chi connectivity index (χ2v) is 9.35. The van der Waals surface area contributed by atoms with Crippen LogP contribution in [0.5, 0.6) is 0 Å². The number of rotatable bonds is 11. The van der Waals surface area contributed by atoms with Gasteiger partial charge in [0.25, 0.3) is 0 Å². The molecule has 5 nitrogen and oxygen atoms in total. The number of thioether (sulfide) groups is 1. The zero-order chi connectivity index (χ0) is 20.4. The smallest absolute Gasteiger partial charge is 0.243 e. The number of carbonyl (C=O) groups is 1. The maximum atomic E-state index is 12.5. The van der Waals surface area contributed by atoms with Crippen molar-refractivity contribution in [2.75, 3.05) is 25.4 Å². The highest BCUT2D eigenvalue weighted by Crippen LogP contribution is 2.17. The fourth-order valence-corrected chi connectivity index (χ4v) is 5.01. The van der Waals surface area contributed by atoms with E-state index in [0.29, 0.717) is 37.4 Å². The molecule has 0 bridgehead atoms. The van der Waals surface area contributed by atoms with Crippen molar-refractivity contribution >= 4 is 27.7 Å². The van der Waals surface area contributed by atoms with Gasteiger partial charge < -0.3 is 5.32 Å². The van der Waals surface area contributed by atoms with Crippen LogP contribution in [-0.4, -0.2) is 44.0 Å². The summed E-state index contributed by atoms with van der Waals surface area (Å²) >= 11 is 1.71. The van der Waals surface area contributed by atoms with E-state index >= 15 is 0 Å². The van der Waals surface area contributed by atoms with E-state index in [1.165, 1.54) is 9.20 Å². The summed E-state index contributed by atoms with van der Waals surface area (Å²) in [7, 11) is -3.44. The van der Waals surface area contributed by atoms with Crippen molar-refractivity contribution in [2.24, 2.45) is 0 Å². The maximum Gasteiger partial charge on any atom is 0.243 e. The Balaban J connectivity index is 1.76. The molecule has 0 saturated carbocycles. The first-order chi connectivity index (χ1) is 13.5.